The number of hydrogen-bond donors (Lipinski definition) is 1. The predicted molar refractivity (Wildman–Crippen MR) is 42.4 cm³/mol. The standard InChI is InChI=1S/C8H11F3O4/c9-8(10,11)4-14-3-5-1-2-6(15-5)7(12)13/h5-6H,1-4H2,(H,12,13). The van der Waals surface area contributed by atoms with E-state index < -0.39 is 31.0 Å². The first kappa shape index (κ1) is 12.3. The molecule has 1 aliphatic heterocycles. The molecular formula is C8H11F3O4. The molecule has 0 radical (unpaired) electrons. The third-order valence-corrected chi connectivity index (χ3v) is 1.95. The monoisotopic (exact) mass is 228 g/mol. The van der Waals surface area contributed by atoms with Crippen LogP contribution in [0.15, 0.2) is 0 Å². The molecule has 1 rings (SSSR count). The van der Waals surface area contributed by atoms with Gasteiger partial charge in [-0.25, -0.2) is 4.79 Å². The van der Waals surface area contributed by atoms with Gasteiger partial charge < -0.3 is 14.6 Å². The number of rotatable bonds is 4. The molecule has 1 aliphatic rings. The van der Waals surface area contributed by atoms with Gasteiger partial charge in [0.1, 0.15) is 6.61 Å². The molecule has 15 heavy (non-hydrogen) atoms. The van der Waals surface area contributed by atoms with Crippen LogP contribution >= 0.6 is 0 Å². The van der Waals surface area contributed by atoms with Gasteiger partial charge in [-0.2, -0.15) is 13.2 Å². The molecule has 0 bridgehead atoms. The molecule has 1 N–H and O–H groups in total. The van der Waals surface area contributed by atoms with Crippen LogP contribution in [0.2, 0.25) is 0 Å². The van der Waals surface area contributed by atoms with E-state index in [0.717, 1.165) is 0 Å². The van der Waals surface area contributed by atoms with Gasteiger partial charge in [-0.05, 0) is 12.8 Å². The summed E-state index contributed by atoms with van der Waals surface area (Å²) in [6.45, 7) is -1.55. The Morgan fingerprint density at radius 3 is 2.60 bits per heavy atom. The smallest absolute Gasteiger partial charge is 0.411 e. The van der Waals surface area contributed by atoms with Gasteiger partial charge in [-0.1, -0.05) is 0 Å². The fourth-order valence-electron chi connectivity index (χ4n) is 1.32. The molecule has 0 spiro atoms. The van der Waals surface area contributed by atoms with Crippen molar-refractivity contribution in [3.05, 3.63) is 0 Å². The number of hydrogen-bond acceptors (Lipinski definition) is 3. The highest BCUT2D eigenvalue weighted by Gasteiger charge is 2.32. The Balaban J connectivity index is 2.17. The summed E-state index contributed by atoms with van der Waals surface area (Å²) in [4.78, 5) is 10.4. The van der Waals surface area contributed by atoms with E-state index in [2.05, 4.69) is 4.74 Å². The van der Waals surface area contributed by atoms with E-state index >= 15 is 0 Å². The van der Waals surface area contributed by atoms with Gasteiger partial charge in [0.05, 0.1) is 12.7 Å². The molecule has 0 aromatic rings. The summed E-state index contributed by atoms with van der Waals surface area (Å²) in [5.41, 5.74) is 0. The topological polar surface area (TPSA) is 55.8 Å². The highest BCUT2D eigenvalue weighted by atomic mass is 19.4. The van der Waals surface area contributed by atoms with Crippen molar-refractivity contribution in [1.29, 1.82) is 0 Å². The molecule has 0 aromatic carbocycles. The molecule has 0 saturated carbocycles. The molecule has 2 atom stereocenters. The summed E-state index contributed by atoms with van der Waals surface area (Å²) in [6.07, 6.45) is -5.09. The minimum absolute atomic E-state index is 0.219. The Bertz CT molecular complexity index is 228. The van der Waals surface area contributed by atoms with Crippen molar-refractivity contribution in [2.24, 2.45) is 0 Å². The summed E-state index contributed by atoms with van der Waals surface area (Å²) in [5, 5.41) is 8.54. The van der Waals surface area contributed by atoms with Crippen molar-refractivity contribution in [3.63, 3.8) is 0 Å². The van der Waals surface area contributed by atoms with Gasteiger partial charge in [0.25, 0.3) is 0 Å². The molecule has 1 heterocycles. The Morgan fingerprint density at radius 1 is 1.47 bits per heavy atom. The first-order chi connectivity index (χ1) is 6.88. The van der Waals surface area contributed by atoms with Gasteiger partial charge in [-0.3, -0.25) is 0 Å². The Kier molecular flexibility index (Phi) is 3.92. The predicted octanol–water partition coefficient (Wildman–Crippen LogP) is 1.20. The highest BCUT2D eigenvalue weighted by Crippen LogP contribution is 2.21. The van der Waals surface area contributed by atoms with Crippen LogP contribution in [-0.2, 0) is 14.3 Å². The maximum Gasteiger partial charge on any atom is 0.411 e. The largest absolute Gasteiger partial charge is 0.479 e. The van der Waals surface area contributed by atoms with Crippen molar-refractivity contribution >= 4 is 5.97 Å². The van der Waals surface area contributed by atoms with E-state index in [1.807, 2.05) is 0 Å². The zero-order valence-corrected chi connectivity index (χ0v) is 7.79. The van der Waals surface area contributed by atoms with Gasteiger partial charge >= 0.3 is 12.1 Å². The second kappa shape index (κ2) is 4.80. The third kappa shape index (κ3) is 4.48. The molecule has 0 aromatic heterocycles. The average Bonchev–Trinajstić information content (AvgIpc) is 2.50. The Hall–Kier alpha value is -0.820. The summed E-state index contributed by atoms with van der Waals surface area (Å²) in [5.74, 6) is -1.09. The number of alkyl halides is 3. The number of carbonyl (C=O) groups is 1. The quantitative estimate of drug-likeness (QED) is 0.785. The number of carboxylic acids is 1. The number of aliphatic carboxylic acids is 1. The molecule has 0 amide bonds. The summed E-state index contributed by atoms with van der Waals surface area (Å²) >= 11 is 0. The van der Waals surface area contributed by atoms with Crippen LogP contribution in [0.3, 0.4) is 0 Å². The number of carboxylic acid groups (broad SMARTS) is 1. The van der Waals surface area contributed by atoms with Crippen LogP contribution in [0.4, 0.5) is 13.2 Å². The van der Waals surface area contributed by atoms with E-state index in [1.165, 1.54) is 0 Å². The lowest BCUT2D eigenvalue weighted by Gasteiger charge is -2.12. The Morgan fingerprint density at radius 2 is 2.13 bits per heavy atom. The van der Waals surface area contributed by atoms with Gasteiger partial charge in [0, 0.05) is 0 Å². The van der Waals surface area contributed by atoms with Gasteiger partial charge in [0.15, 0.2) is 6.10 Å². The zero-order chi connectivity index (χ0) is 11.5. The second-order valence-corrected chi connectivity index (χ2v) is 3.29. The maximum absolute atomic E-state index is 11.7. The highest BCUT2D eigenvalue weighted by molar-refractivity contribution is 5.72. The van der Waals surface area contributed by atoms with Crippen molar-refractivity contribution in [2.75, 3.05) is 13.2 Å². The normalized spacial score (nSPS) is 26.9. The lowest BCUT2D eigenvalue weighted by molar-refractivity contribution is -0.182. The van der Waals surface area contributed by atoms with Crippen molar-refractivity contribution < 1.29 is 32.5 Å². The summed E-state index contributed by atoms with van der Waals surface area (Å²) < 4.78 is 44.3. The number of ether oxygens (including phenoxy) is 2. The van der Waals surface area contributed by atoms with Crippen molar-refractivity contribution in [2.45, 2.75) is 31.2 Å². The van der Waals surface area contributed by atoms with E-state index in [1.54, 1.807) is 0 Å². The summed E-state index contributed by atoms with van der Waals surface area (Å²) in [6, 6.07) is 0. The van der Waals surface area contributed by atoms with Crippen LogP contribution in [0.25, 0.3) is 0 Å². The molecule has 1 saturated heterocycles. The number of halogens is 3. The van der Waals surface area contributed by atoms with Crippen LogP contribution < -0.4 is 0 Å². The van der Waals surface area contributed by atoms with Crippen molar-refractivity contribution in [1.82, 2.24) is 0 Å². The molecular weight excluding hydrogens is 217 g/mol. The van der Waals surface area contributed by atoms with Crippen LogP contribution in [0, 0.1) is 0 Å². The second-order valence-electron chi connectivity index (χ2n) is 3.29. The van der Waals surface area contributed by atoms with Crippen molar-refractivity contribution in [3.8, 4) is 0 Å². The van der Waals surface area contributed by atoms with E-state index in [9.17, 15) is 18.0 Å². The van der Waals surface area contributed by atoms with E-state index in [4.69, 9.17) is 9.84 Å². The zero-order valence-electron chi connectivity index (χ0n) is 7.79. The van der Waals surface area contributed by atoms with Crippen LogP contribution in [-0.4, -0.2) is 42.7 Å². The van der Waals surface area contributed by atoms with E-state index in [0.29, 0.717) is 12.8 Å². The minimum Gasteiger partial charge on any atom is -0.479 e. The maximum atomic E-state index is 11.7. The molecule has 2 unspecified atom stereocenters. The SMILES string of the molecule is O=C(O)C1CCC(COCC(F)(F)F)O1. The fraction of sp³-hybridized carbons (Fsp3) is 0.875. The molecule has 88 valence electrons. The lowest BCUT2D eigenvalue weighted by atomic mass is 10.2. The Labute approximate surface area is 84.0 Å². The van der Waals surface area contributed by atoms with E-state index in [-0.39, 0.29) is 6.61 Å². The summed E-state index contributed by atoms with van der Waals surface area (Å²) in [7, 11) is 0. The molecule has 1 fully saturated rings. The molecule has 0 aliphatic carbocycles. The first-order valence-corrected chi connectivity index (χ1v) is 4.41. The van der Waals surface area contributed by atoms with Gasteiger partial charge in [0.2, 0.25) is 0 Å². The van der Waals surface area contributed by atoms with Crippen LogP contribution in [0.5, 0.6) is 0 Å². The molecule has 7 heteroatoms. The lowest BCUT2D eigenvalue weighted by Crippen LogP contribution is -2.25. The molecule has 4 nitrogen and oxygen atoms in total. The minimum atomic E-state index is -4.36. The first-order valence-electron chi connectivity index (χ1n) is 4.41. The fourth-order valence-corrected chi connectivity index (χ4v) is 1.32. The van der Waals surface area contributed by atoms with Gasteiger partial charge in [-0.15, -0.1) is 0 Å². The van der Waals surface area contributed by atoms with Crippen LogP contribution in [0.1, 0.15) is 12.8 Å². The third-order valence-electron chi connectivity index (χ3n) is 1.95. The average molecular weight is 228 g/mol.